The van der Waals surface area contributed by atoms with Crippen molar-refractivity contribution in [2.75, 3.05) is 11.9 Å². The Balaban J connectivity index is 1.28. The Morgan fingerprint density at radius 1 is 1.14 bits per heavy atom. The van der Waals surface area contributed by atoms with Crippen LogP contribution in [-0.2, 0) is 9.53 Å². The van der Waals surface area contributed by atoms with Crippen molar-refractivity contribution in [1.29, 1.82) is 0 Å². The molecule has 3 heterocycles. The van der Waals surface area contributed by atoms with Crippen LogP contribution in [0.1, 0.15) is 53.2 Å². The van der Waals surface area contributed by atoms with Crippen LogP contribution in [0.4, 0.5) is 5.69 Å². The third kappa shape index (κ3) is 5.10. The number of amides is 2. The van der Waals surface area contributed by atoms with Crippen LogP contribution in [0.5, 0.6) is 5.75 Å². The highest BCUT2D eigenvalue weighted by Crippen LogP contribution is 2.47. The third-order valence-electron chi connectivity index (χ3n) is 6.77. The second kappa shape index (κ2) is 10.5. The zero-order valence-corrected chi connectivity index (χ0v) is 20.0. The average Bonchev–Trinajstić information content (AvgIpc) is 3.27. The molecule has 8 heteroatoms. The van der Waals surface area contributed by atoms with Crippen LogP contribution in [0.25, 0.3) is 0 Å². The van der Waals surface area contributed by atoms with E-state index in [1.54, 1.807) is 24.4 Å². The molecule has 0 saturated carbocycles. The number of aliphatic hydroxyl groups is 1. The highest BCUT2D eigenvalue weighted by molar-refractivity contribution is 6.04. The van der Waals surface area contributed by atoms with E-state index in [9.17, 15) is 14.7 Å². The van der Waals surface area contributed by atoms with Gasteiger partial charge in [0, 0.05) is 29.6 Å². The van der Waals surface area contributed by atoms with Crippen molar-refractivity contribution < 1.29 is 24.2 Å². The maximum absolute atomic E-state index is 12.8. The quantitative estimate of drug-likeness (QED) is 0.470. The van der Waals surface area contributed by atoms with Gasteiger partial charge in [0.15, 0.2) is 0 Å². The smallest absolute Gasteiger partial charge is 0.257 e. The van der Waals surface area contributed by atoms with E-state index in [1.165, 1.54) is 6.20 Å². The first-order chi connectivity index (χ1) is 17.5. The number of carbonyl (C=O) groups is 2. The molecule has 0 aliphatic carbocycles. The number of aromatic nitrogens is 1. The number of carbonyl (C=O) groups excluding carboxylic acids is 2. The molecule has 36 heavy (non-hydrogen) atoms. The molecular weight excluding hydrogens is 458 g/mol. The van der Waals surface area contributed by atoms with Crippen LogP contribution in [0.2, 0.25) is 0 Å². The topological polar surface area (TPSA) is 110 Å². The highest BCUT2D eigenvalue weighted by Gasteiger charge is 2.46. The standard InChI is InChI=1S/C28H29N3O5/c1-17(18-6-3-2-4-7-18)30-26(33)14-21-13-23-22-12-20(31-28(34)19-8-5-11-29-15-19)9-10-24(22)36-27(23)25(16-32)35-21/h2-12,15,17,21,23,25,27,32H,13-14,16H2,1H3,(H,30,33)(H,31,34)/t17-,21+,23-,25+,27+/m1/s1. The molecule has 3 aromatic rings. The van der Waals surface area contributed by atoms with Gasteiger partial charge in [0.2, 0.25) is 5.91 Å². The number of benzene rings is 2. The van der Waals surface area contributed by atoms with Gasteiger partial charge in [-0.2, -0.15) is 0 Å². The minimum atomic E-state index is -0.547. The van der Waals surface area contributed by atoms with E-state index in [-0.39, 0.29) is 49.0 Å². The van der Waals surface area contributed by atoms with Gasteiger partial charge in [0.1, 0.15) is 18.0 Å². The zero-order valence-electron chi connectivity index (χ0n) is 20.0. The normalized spacial score (nSPS) is 23.1. The summed E-state index contributed by atoms with van der Waals surface area (Å²) in [6.45, 7) is 1.74. The Bertz CT molecular complexity index is 1220. The molecule has 1 fully saturated rings. The van der Waals surface area contributed by atoms with Gasteiger partial charge in [-0.15, -0.1) is 0 Å². The molecule has 2 aliphatic heterocycles. The second-order valence-electron chi connectivity index (χ2n) is 9.26. The van der Waals surface area contributed by atoms with Gasteiger partial charge in [-0.1, -0.05) is 30.3 Å². The molecule has 0 spiro atoms. The van der Waals surface area contributed by atoms with Crippen LogP contribution >= 0.6 is 0 Å². The molecule has 2 aliphatic rings. The van der Waals surface area contributed by atoms with E-state index in [4.69, 9.17) is 9.47 Å². The summed E-state index contributed by atoms with van der Waals surface area (Å²) in [7, 11) is 0. The molecule has 5 rings (SSSR count). The van der Waals surface area contributed by atoms with Crippen LogP contribution in [0, 0.1) is 0 Å². The molecule has 2 aromatic carbocycles. The van der Waals surface area contributed by atoms with Crippen molar-refractivity contribution in [3.05, 3.63) is 89.7 Å². The number of hydrogen-bond acceptors (Lipinski definition) is 6. The number of aliphatic hydroxyl groups excluding tert-OH is 1. The molecule has 8 nitrogen and oxygen atoms in total. The lowest BCUT2D eigenvalue weighted by Gasteiger charge is -2.37. The van der Waals surface area contributed by atoms with Gasteiger partial charge in [-0.05, 0) is 49.2 Å². The molecule has 186 valence electrons. The minimum absolute atomic E-state index is 0.0644. The molecule has 1 aromatic heterocycles. The lowest BCUT2D eigenvalue weighted by atomic mass is 9.84. The summed E-state index contributed by atoms with van der Waals surface area (Å²) in [4.78, 5) is 29.4. The Morgan fingerprint density at radius 2 is 1.97 bits per heavy atom. The van der Waals surface area contributed by atoms with Gasteiger partial charge in [-0.3, -0.25) is 14.6 Å². The summed E-state index contributed by atoms with van der Waals surface area (Å²) in [6.07, 6.45) is 2.62. The van der Waals surface area contributed by atoms with Gasteiger partial charge in [0.25, 0.3) is 5.91 Å². The second-order valence-corrected chi connectivity index (χ2v) is 9.26. The monoisotopic (exact) mass is 487 g/mol. The Hall–Kier alpha value is -3.75. The molecule has 0 unspecified atom stereocenters. The summed E-state index contributed by atoms with van der Waals surface area (Å²) >= 11 is 0. The van der Waals surface area contributed by atoms with Crippen molar-refractivity contribution in [3.63, 3.8) is 0 Å². The molecule has 0 radical (unpaired) electrons. The van der Waals surface area contributed by atoms with Gasteiger partial charge in [-0.25, -0.2) is 0 Å². The number of nitrogens with zero attached hydrogens (tertiary/aromatic N) is 1. The maximum Gasteiger partial charge on any atom is 0.257 e. The van der Waals surface area contributed by atoms with E-state index < -0.39 is 6.10 Å². The number of ether oxygens (including phenoxy) is 2. The van der Waals surface area contributed by atoms with Crippen LogP contribution < -0.4 is 15.4 Å². The number of rotatable bonds is 7. The predicted molar refractivity (Wildman–Crippen MR) is 134 cm³/mol. The number of pyridine rings is 1. The van der Waals surface area contributed by atoms with Crippen molar-refractivity contribution in [3.8, 4) is 5.75 Å². The maximum atomic E-state index is 12.8. The molecule has 5 atom stereocenters. The van der Waals surface area contributed by atoms with E-state index >= 15 is 0 Å². The summed E-state index contributed by atoms with van der Waals surface area (Å²) in [5.41, 5.74) is 3.08. The van der Waals surface area contributed by atoms with E-state index in [0.717, 1.165) is 11.1 Å². The Kier molecular flexibility index (Phi) is 6.97. The fourth-order valence-electron chi connectivity index (χ4n) is 5.00. The summed E-state index contributed by atoms with van der Waals surface area (Å²) in [6, 6.07) is 18.6. The van der Waals surface area contributed by atoms with Crippen molar-refractivity contribution in [2.24, 2.45) is 0 Å². The first-order valence-electron chi connectivity index (χ1n) is 12.1. The SMILES string of the molecule is C[C@@H](NC(=O)C[C@@H]1C[C@@H]2c3cc(NC(=O)c4cccnc4)ccc3O[C@@H]2[C@H](CO)O1)c1ccccc1. The fourth-order valence-corrected chi connectivity index (χ4v) is 5.00. The Labute approximate surface area is 209 Å². The number of nitrogens with one attached hydrogen (secondary N) is 2. The number of hydrogen-bond donors (Lipinski definition) is 3. The van der Waals surface area contributed by atoms with Gasteiger partial charge in [0.05, 0.1) is 30.7 Å². The summed E-state index contributed by atoms with van der Waals surface area (Å²) < 4.78 is 12.2. The van der Waals surface area contributed by atoms with Crippen molar-refractivity contribution in [2.45, 2.75) is 50.0 Å². The van der Waals surface area contributed by atoms with Crippen LogP contribution in [0.3, 0.4) is 0 Å². The van der Waals surface area contributed by atoms with Crippen LogP contribution in [0.15, 0.2) is 73.1 Å². The van der Waals surface area contributed by atoms with E-state index in [2.05, 4.69) is 15.6 Å². The molecule has 1 saturated heterocycles. The van der Waals surface area contributed by atoms with Gasteiger partial charge < -0.3 is 25.2 Å². The van der Waals surface area contributed by atoms with E-state index in [1.807, 2.05) is 49.4 Å². The molecule has 2 amide bonds. The summed E-state index contributed by atoms with van der Waals surface area (Å²) in [5, 5.41) is 15.9. The number of anilines is 1. The fraction of sp³-hybridized carbons (Fsp3) is 0.321. The lowest BCUT2D eigenvalue weighted by Crippen LogP contribution is -2.47. The Morgan fingerprint density at radius 3 is 2.72 bits per heavy atom. The minimum Gasteiger partial charge on any atom is -0.487 e. The average molecular weight is 488 g/mol. The molecular formula is C28H29N3O5. The molecule has 0 bridgehead atoms. The summed E-state index contributed by atoms with van der Waals surface area (Å²) in [5.74, 6) is 0.281. The number of fused-ring (bicyclic) bond motifs is 3. The van der Waals surface area contributed by atoms with Crippen molar-refractivity contribution in [1.82, 2.24) is 10.3 Å². The first kappa shape index (κ1) is 24.0. The van der Waals surface area contributed by atoms with Crippen molar-refractivity contribution >= 4 is 17.5 Å². The van der Waals surface area contributed by atoms with E-state index in [0.29, 0.717) is 23.4 Å². The largest absolute Gasteiger partial charge is 0.487 e. The molecule has 3 N–H and O–H groups in total. The predicted octanol–water partition coefficient (Wildman–Crippen LogP) is 3.60. The van der Waals surface area contributed by atoms with Crippen LogP contribution in [-0.4, -0.2) is 46.8 Å². The van der Waals surface area contributed by atoms with Gasteiger partial charge >= 0.3 is 0 Å². The highest BCUT2D eigenvalue weighted by atomic mass is 16.6. The lowest BCUT2D eigenvalue weighted by molar-refractivity contribution is -0.142. The first-order valence-corrected chi connectivity index (χ1v) is 12.1. The third-order valence-corrected chi connectivity index (χ3v) is 6.77. The zero-order chi connectivity index (χ0) is 25.1.